The SMILES string of the molecule is CCS(=O)(=O)c1ccc(CC(=O)Nc2nc3c(s2)CN(C(C)c2cccc(C(F)(F)F)c2)C3C(C)C)cc1. The molecule has 11 heteroatoms. The van der Waals surface area contributed by atoms with E-state index in [1.54, 1.807) is 25.1 Å². The lowest BCUT2D eigenvalue weighted by atomic mass is 9.97. The van der Waals surface area contributed by atoms with Crippen molar-refractivity contribution in [1.29, 1.82) is 0 Å². The third kappa shape index (κ3) is 5.94. The van der Waals surface area contributed by atoms with E-state index < -0.39 is 21.6 Å². The second-order valence-corrected chi connectivity index (χ2v) is 13.1. The van der Waals surface area contributed by atoms with E-state index in [4.69, 9.17) is 4.98 Å². The summed E-state index contributed by atoms with van der Waals surface area (Å²) >= 11 is 1.37. The van der Waals surface area contributed by atoms with Crippen molar-refractivity contribution in [3.05, 3.63) is 75.8 Å². The number of alkyl halides is 3. The first kappa shape index (κ1) is 28.3. The fourth-order valence-corrected chi connectivity index (χ4v) is 6.67. The molecule has 0 saturated carbocycles. The van der Waals surface area contributed by atoms with Gasteiger partial charge in [-0.3, -0.25) is 9.69 Å². The van der Waals surface area contributed by atoms with Crippen molar-refractivity contribution in [2.75, 3.05) is 11.1 Å². The summed E-state index contributed by atoms with van der Waals surface area (Å²) < 4.78 is 63.8. The Bertz CT molecular complexity index is 1420. The Morgan fingerprint density at radius 2 is 1.84 bits per heavy atom. The van der Waals surface area contributed by atoms with Crippen LogP contribution in [-0.2, 0) is 33.8 Å². The Morgan fingerprint density at radius 3 is 2.45 bits per heavy atom. The molecule has 0 spiro atoms. The average Bonchev–Trinajstić information content (AvgIpc) is 3.40. The van der Waals surface area contributed by atoms with Crippen LogP contribution in [0.15, 0.2) is 53.4 Å². The highest BCUT2D eigenvalue weighted by Crippen LogP contribution is 2.46. The van der Waals surface area contributed by atoms with Crippen molar-refractivity contribution in [1.82, 2.24) is 9.88 Å². The zero-order valence-electron chi connectivity index (χ0n) is 21.5. The molecule has 0 saturated heterocycles. The number of nitrogens with zero attached hydrogens (tertiary/aromatic N) is 2. The van der Waals surface area contributed by atoms with E-state index in [9.17, 15) is 26.4 Å². The van der Waals surface area contributed by atoms with Crippen molar-refractivity contribution in [3.63, 3.8) is 0 Å². The monoisotopic (exact) mass is 565 g/mol. The molecule has 3 aromatic rings. The third-order valence-corrected chi connectivity index (χ3v) is 9.51. The van der Waals surface area contributed by atoms with Crippen molar-refractivity contribution >= 4 is 32.2 Å². The van der Waals surface area contributed by atoms with Crippen LogP contribution in [0.5, 0.6) is 0 Å². The lowest BCUT2D eigenvalue weighted by Crippen LogP contribution is -2.29. The molecule has 1 N–H and O–H groups in total. The fourth-order valence-electron chi connectivity index (χ4n) is 4.76. The second kappa shape index (κ2) is 10.8. The molecule has 1 aromatic heterocycles. The van der Waals surface area contributed by atoms with Crippen LogP contribution in [0, 0.1) is 5.92 Å². The minimum Gasteiger partial charge on any atom is -0.302 e. The van der Waals surface area contributed by atoms with Crippen molar-refractivity contribution in [2.24, 2.45) is 5.92 Å². The van der Waals surface area contributed by atoms with Gasteiger partial charge < -0.3 is 5.32 Å². The van der Waals surface area contributed by atoms with Gasteiger partial charge in [-0.05, 0) is 48.2 Å². The molecule has 2 unspecified atom stereocenters. The van der Waals surface area contributed by atoms with E-state index in [2.05, 4.69) is 10.2 Å². The molecule has 0 fully saturated rings. The van der Waals surface area contributed by atoms with Gasteiger partial charge in [-0.15, -0.1) is 11.3 Å². The average molecular weight is 566 g/mol. The molecule has 0 aliphatic carbocycles. The van der Waals surface area contributed by atoms with Gasteiger partial charge in [0.25, 0.3) is 0 Å². The van der Waals surface area contributed by atoms with Crippen LogP contribution in [-0.4, -0.2) is 30.0 Å². The quantitative estimate of drug-likeness (QED) is 0.342. The van der Waals surface area contributed by atoms with Crippen LogP contribution >= 0.6 is 11.3 Å². The van der Waals surface area contributed by atoms with Gasteiger partial charge in [0.2, 0.25) is 5.91 Å². The molecule has 0 radical (unpaired) electrons. The highest BCUT2D eigenvalue weighted by Gasteiger charge is 2.39. The molecule has 2 heterocycles. The number of halogens is 3. The number of benzene rings is 2. The fraction of sp³-hybridized carbons (Fsp3) is 0.407. The van der Waals surface area contributed by atoms with Gasteiger partial charge in [0.05, 0.1) is 34.4 Å². The maximum atomic E-state index is 13.3. The number of nitrogens with one attached hydrogen (secondary N) is 1. The summed E-state index contributed by atoms with van der Waals surface area (Å²) in [6.07, 6.45) is -4.33. The van der Waals surface area contributed by atoms with Gasteiger partial charge in [-0.25, -0.2) is 13.4 Å². The number of carbonyl (C=O) groups is 1. The number of sulfone groups is 1. The molecule has 4 rings (SSSR count). The van der Waals surface area contributed by atoms with Gasteiger partial charge >= 0.3 is 6.18 Å². The standard InChI is InChI=1S/C27H30F3N3O3S2/c1-5-38(35,36)21-11-9-18(10-12-21)13-23(34)31-26-32-24-22(37-26)15-33(25(24)16(2)3)17(4)19-7-6-8-20(14-19)27(28,29)30/h6-12,14,16-17,25H,5,13,15H2,1-4H3,(H,31,32,34). The van der Waals surface area contributed by atoms with Crippen LogP contribution in [0.4, 0.5) is 18.3 Å². The number of aromatic nitrogens is 1. The molecular weight excluding hydrogens is 535 g/mol. The van der Waals surface area contributed by atoms with Crippen LogP contribution in [0.1, 0.15) is 67.0 Å². The minimum absolute atomic E-state index is 0.00900. The lowest BCUT2D eigenvalue weighted by molar-refractivity contribution is -0.137. The summed E-state index contributed by atoms with van der Waals surface area (Å²) in [5.41, 5.74) is 1.45. The number of hydrogen-bond acceptors (Lipinski definition) is 6. The summed E-state index contributed by atoms with van der Waals surface area (Å²) in [6.45, 7) is 8.10. The van der Waals surface area contributed by atoms with Crippen molar-refractivity contribution in [2.45, 2.75) is 63.8 Å². The van der Waals surface area contributed by atoms with Crippen LogP contribution in [0.3, 0.4) is 0 Å². The predicted octanol–water partition coefficient (Wildman–Crippen LogP) is 6.41. The number of thiazole rings is 1. The van der Waals surface area contributed by atoms with Gasteiger partial charge in [0, 0.05) is 17.5 Å². The number of rotatable bonds is 8. The maximum absolute atomic E-state index is 13.3. The molecule has 2 aromatic carbocycles. The smallest absolute Gasteiger partial charge is 0.302 e. The Balaban J connectivity index is 1.47. The van der Waals surface area contributed by atoms with Crippen molar-refractivity contribution < 1.29 is 26.4 Å². The second-order valence-electron chi connectivity index (χ2n) is 9.76. The van der Waals surface area contributed by atoms with E-state index in [-0.39, 0.29) is 41.0 Å². The first-order valence-electron chi connectivity index (χ1n) is 12.3. The number of carbonyl (C=O) groups excluding carboxylic acids is 1. The molecule has 0 bridgehead atoms. The first-order chi connectivity index (χ1) is 17.8. The number of anilines is 1. The number of hydrogen-bond donors (Lipinski definition) is 1. The molecule has 6 nitrogen and oxygen atoms in total. The Kier molecular flexibility index (Phi) is 8.02. The largest absolute Gasteiger partial charge is 0.416 e. The minimum atomic E-state index is -4.40. The summed E-state index contributed by atoms with van der Waals surface area (Å²) in [7, 11) is -3.30. The van der Waals surface area contributed by atoms with E-state index in [1.165, 1.54) is 35.6 Å². The van der Waals surface area contributed by atoms with E-state index >= 15 is 0 Å². The topological polar surface area (TPSA) is 79.4 Å². The highest BCUT2D eigenvalue weighted by molar-refractivity contribution is 7.91. The van der Waals surface area contributed by atoms with Gasteiger partial charge in [-0.2, -0.15) is 13.2 Å². The highest BCUT2D eigenvalue weighted by atomic mass is 32.2. The van der Waals surface area contributed by atoms with Crippen LogP contribution in [0.2, 0.25) is 0 Å². The molecule has 1 aliphatic rings. The molecular formula is C27H30F3N3O3S2. The molecule has 38 heavy (non-hydrogen) atoms. The normalized spacial score (nSPS) is 17.0. The van der Waals surface area contributed by atoms with Gasteiger partial charge in [0.15, 0.2) is 15.0 Å². The Hall–Kier alpha value is -2.76. The summed E-state index contributed by atoms with van der Waals surface area (Å²) in [5.74, 6) is -0.110. The summed E-state index contributed by atoms with van der Waals surface area (Å²) in [4.78, 5) is 20.7. The number of amides is 1. The number of fused-ring (bicyclic) bond motifs is 1. The van der Waals surface area contributed by atoms with Gasteiger partial charge in [0.1, 0.15) is 0 Å². The third-order valence-electron chi connectivity index (χ3n) is 6.79. The van der Waals surface area contributed by atoms with Gasteiger partial charge in [-0.1, -0.05) is 45.0 Å². The molecule has 1 aliphatic heterocycles. The zero-order valence-corrected chi connectivity index (χ0v) is 23.2. The summed E-state index contributed by atoms with van der Waals surface area (Å²) in [6, 6.07) is 11.3. The molecule has 1 amide bonds. The summed E-state index contributed by atoms with van der Waals surface area (Å²) in [5, 5.41) is 3.32. The Morgan fingerprint density at radius 1 is 1.16 bits per heavy atom. The first-order valence-corrected chi connectivity index (χ1v) is 14.8. The Labute approximate surface area is 224 Å². The predicted molar refractivity (Wildman–Crippen MR) is 142 cm³/mol. The lowest BCUT2D eigenvalue weighted by Gasteiger charge is -2.33. The van der Waals surface area contributed by atoms with E-state index in [0.29, 0.717) is 22.8 Å². The van der Waals surface area contributed by atoms with E-state index in [1.807, 2.05) is 20.8 Å². The van der Waals surface area contributed by atoms with E-state index in [0.717, 1.165) is 16.6 Å². The van der Waals surface area contributed by atoms with Crippen LogP contribution < -0.4 is 5.32 Å². The van der Waals surface area contributed by atoms with Crippen LogP contribution in [0.25, 0.3) is 0 Å². The maximum Gasteiger partial charge on any atom is 0.416 e. The van der Waals surface area contributed by atoms with Crippen molar-refractivity contribution in [3.8, 4) is 0 Å². The molecule has 2 atom stereocenters. The zero-order chi connectivity index (χ0) is 27.8. The molecule has 204 valence electrons.